The van der Waals surface area contributed by atoms with Crippen LogP contribution in [0.3, 0.4) is 0 Å². The van der Waals surface area contributed by atoms with Crippen LogP contribution in [0.1, 0.15) is 22.8 Å². The summed E-state index contributed by atoms with van der Waals surface area (Å²) in [5, 5.41) is 12.0. The Morgan fingerprint density at radius 2 is 2.15 bits per heavy atom. The smallest absolute Gasteiger partial charge is 0.292 e. The van der Waals surface area contributed by atoms with Crippen molar-refractivity contribution in [3.63, 3.8) is 0 Å². The van der Waals surface area contributed by atoms with Crippen LogP contribution >= 0.6 is 0 Å². The maximum Gasteiger partial charge on any atom is 0.292 e. The van der Waals surface area contributed by atoms with Crippen molar-refractivity contribution in [2.75, 3.05) is 13.1 Å². The number of carbonyl (C=O) groups is 1. The molecular formula is C16H15N7O3. The second-order valence-electron chi connectivity index (χ2n) is 6.44. The first-order chi connectivity index (χ1) is 12.7. The van der Waals surface area contributed by atoms with Gasteiger partial charge in [0.2, 0.25) is 5.76 Å². The largest absolute Gasteiger partial charge is 0.363 e. The van der Waals surface area contributed by atoms with Crippen LogP contribution in [0, 0.1) is 0 Å². The van der Waals surface area contributed by atoms with Gasteiger partial charge >= 0.3 is 0 Å². The Bertz CT molecular complexity index is 940. The predicted octanol–water partition coefficient (Wildman–Crippen LogP) is 0.538. The zero-order valence-electron chi connectivity index (χ0n) is 13.8. The molecule has 10 nitrogen and oxygen atoms in total. The summed E-state index contributed by atoms with van der Waals surface area (Å²) in [5.74, 6) is 1.47. The third kappa shape index (κ3) is 2.37. The predicted molar refractivity (Wildman–Crippen MR) is 85.6 cm³/mol. The van der Waals surface area contributed by atoms with E-state index in [2.05, 4.69) is 25.3 Å². The molecule has 1 unspecified atom stereocenters. The minimum atomic E-state index is -0.470. The van der Waals surface area contributed by atoms with E-state index in [4.69, 9.17) is 9.26 Å². The van der Waals surface area contributed by atoms with E-state index in [1.807, 2.05) is 4.57 Å². The summed E-state index contributed by atoms with van der Waals surface area (Å²) < 4.78 is 13.1. The molecule has 0 radical (unpaired) electrons. The molecule has 0 N–H and O–H groups in total. The van der Waals surface area contributed by atoms with E-state index < -0.39 is 5.60 Å². The molecule has 1 atom stereocenters. The molecule has 0 saturated carbocycles. The first kappa shape index (κ1) is 15.1. The van der Waals surface area contributed by atoms with Crippen LogP contribution in [0.4, 0.5) is 0 Å². The van der Waals surface area contributed by atoms with E-state index in [9.17, 15) is 4.79 Å². The molecule has 1 spiro atoms. The van der Waals surface area contributed by atoms with Crippen molar-refractivity contribution < 1.29 is 14.1 Å². The normalized spacial score (nSPS) is 21.9. The van der Waals surface area contributed by atoms with Crippen LogP contribution in [-0.2, 0) is 17.9 Å². The molecule has 1 amide bonds. The minimum absolute atomic E-state index is 0.174. The summed E-state index contributed by atoms with van der Waals surface area (Å²) in [4.78, 5) is 22.6. The molecule has 26 heavy (non-hydrogen) atoms. The number of aromatic nitrogens is 6. The Labute approximate surface area is 147 Å². The van der Waals surface area contributed by atoms with Crippen molar-refractivity contribution in [1.82, 2.24) is 34.8 Å². The van der Waals surface area contributed by atoms with E-state index in [0.29, 0.717) is 37.8 Å². The summed E-state index contributed by atoms with van der Waals surface area (Å²) in [7, 11) is 0. The summed E-state index contributed by atoms with van der Waals surface area (Å²) in [6, 6.07) is 1.57. The minimum Gasteiger partial charge on any atom is -0.363 e. The van der Waals surface area contributed by atoms with Gasteiger partial charge in [-0.25, -0.2) is 4.98 Å². The van der Waals surface area contributed by atoms with Gasteiger partial charge in [0.05, 0.1) is 25.5 Å². The van der Waals surface area contributed by atoms with Crippen molar-refractivity contribution >= 4 is 5.91 Å². The van der Waals surface area contributed by atoms with E-state index >= 15 is 0 Å². The standard InChI is InChI=1S/C16H15N7O3/c24-15(12-1-3-19-26-12)22-6-2-16(9-22)10-23-13(8-25-16)20-21-14(23)11-7-17-4-5-18-11/h1,3-5,7H,2,6,8-10H2. The molecule has 1 saturated heterocycles. The molecule has 3 aromatic heterocycles. The molecule has 5 heterocycles. The third-order valence-corrected chi connectivity index (χ3v) is 4.83. The van der Waals surface area contributed by atoms with E-state index in [1.54, 1.807) is 29.6 Å². The number of ether oxygens (including phenoxy) is 1. The highest BCUT2D eigenvalue weighted by Gasteiger charge is 2.45. The Morgan fingerprint density at radius 1 is 1.19 bits per heavy atom. The molecule has 0 aliphatic carbocycles. The number of likely N-dealkylation sites (tertiary alicyclic amines) is 1. The highest BCUT2D eigenvalue weighted by molar-refractivity contribution is 5.91. The van der Waals surface area contributed by atoms with Gasteiger partial charge < -0.3 is 18.7 Å². The van der Waals surface area contributed by atoms with E-state index in [1.165, 1.54) is 6.20 Å². The Kier molecular flexibility index (Phi) is 3.32. The first-order valence-electron chi connectivity index (χ1n) is 8.26. The van der Waals surface area contributed by atoms with Gasteiger partial charge in [0, 0.05) is 25.0 Å². The molecule has 2 aliphatic rings. The highest BCUT2D eigenvalue weighted by Crippen LogP contribution is 2.34. The lowest BCUT2D eigenvalue weighted by Crippen LogP contribution is -2.45. The van der Waals surface area contributed by atoms with Crippen molar-refractivity contribution in [2.24, 2.45) is 0 Å². The Morgan fingerprint density at radius 3 is 2.96 bits per heavy atom. The van der Waals surface area contributed by atoms with Gasteiger partial charge in [0.25, 0.3) is 5.91 Å². The number of hydrogen-bond donors (Lipinski definition) is 0. The molecule has 10 heteroatoms. The molecule has 0 aromatic carbocycles. The summed E-state index contributed by atoms with van der Waals surface area (Å²) in [5.41, 5.74) is 0.193. The van der Waals surface area contributed by atoms with Crippen LogP contribution in [-0.4, -0.2) is 59.4 Å². The average Bonchev–Trinajstić information content (AvgIpc) is 3.42. The van der Waals surface area contributed by atoms with Crippen molar-refractivity contribution in [3.05, 3.63) is 42.4 Å². The fourth-order valence-corrected chi connectivity index (χ4v) is 3.51. The lowest BCUT2D eigenvalue weighted by molar-refractivity contribution is -0.0805. The number of amides is 1. The molecule has 0 bridgehead atoms. The van der Waals surface area contributed by atoms with Crippen molar-refractivity contribution in [3.8, 4) is 11.5 Å². The second kappa shape index (κ2) is 5.70. The summed E-state index contributed by atoms with van der Waals surface area (Å²) in [6.45, 7) is 1.97. The lowest BCUT2D eigenvalue weighted by Gasteiger charge is -2.34. The Hall–Kier alpha value is -3.14. The lowest BCUT2D eigenvalue weighted by atomic mass is 10.0. The molecular weight excluding hydrogens is 338 g/mol. The topological polar surface area (TPSA) is 112 Å². The van der Waals surface area contributed by atoms with Gasteiger partial charge in [0.1, 0.15) is 17.9 Å². The highest BCUT2D eigenvalue weighted by atomic mass is 16.5. The number of fused-ring (bicyclic) bond motifs is 1. The first-order valence-corrected chi connectivity index (χ1v) is 8.26. The average molecular weight is 353 g/mol. The molecule has 3 aromatic rings. The summed E-state index contributed by atoms with van der Waals surface area (Å²) >= 11 is 0. The van der Waals surface area contributed by atoms with Crippen LogP contribution in [0.25, 0.3) is 11.5 Å². The van der Waals surface area contributed by atoms with Gasteiger partial charge in [-0.2, -0.15) is 0 Å². The monoisotopic (exact) mass is 353 g/mol. The van der Waals surface area contributed by atoms with Crippen LogP contribution in [0.2, 0.25) is 0 Å². The van der Waals surface area contributed by atoms with Crippen LogP contribution in [0.15, 0.2) is 35.4 Å². The number of hydrogen-bond acceptors (Lipinski definition) is 8. The maximum atomic E-state index is 12.5. The van der Waals surface area contributed by atoms with Crippen molar-refractivity contribution in [1.29, 1.82) is 0 Å². The fourth-order valence-electron chi connectivity index (χ4n) is 3.51. The molecule has 1 fully saturated rings. The number of carbonyl (C=O) groups excluding carboxylic acids is 1. The molecule has 5 rings (SSSR count). The van der Waals surface area contributed by atoms with Crippen molar-refractivity contribution in [2.45, 2.75) is 25.2 Å². The number of rotatable bonds is 2. The zero-order chi connectivity index (χ0) is 17.6. The van der Waals surface area contributed by atoms with Gasteiger partial charge in [-0.1, -0.05) is 5.16 Å². The van der Waals surface area contributed by atoms with Gasteiger partial charge in [-0.15, -0.1) is 10.2 Å². The SMILES string of the molecule is O=C(c1ccno1)N1CCC2(C1)Cn1c(nnc1-c1cnccn1)CO2. The Balaban J connectivity index is 1.41. The van der Waals surface area contributed by atoms with Gasteiger partial charge in [-0.05, 0) is 6.42 Å². The quantitative estimate of drug-likeness (QED) is 0.656. The zero-order valence-corrected chi connectivity index (χ0v) is 13.8. The van der Waals surface area contributed by atoms with Gasteiger partial charge in [-0.3, -0.25) is 9.78 Å². The van der Waals surface area contributed by atoms with Gasteiger partial charge in [0.15, 0.2) is 11.6 Å². The molecule has 132 valence electrons. The van der Waals surface area contributed by atoms with Crippen LogP contribution in [0.5, 0.6) is 0 Å². The number of nitrogens with zero attached hydrogens (tertiary/aromatic N) is 7. The second-order valence-corrected chi connectivity index (χ2v) is 6.44. The fraction of sp³-hybridized carbons (Fsp3) is 0.375. The summed E-state index contributed by atoms with van der Waals surface area (Å²) in [6.07, 6.45) is 7.09. The third-order valence-electron chi connectivity index (χ3n) is 4.83. The molecule has 2 aliphatic heterocycles. The van der Waals surface area contributed by atoms with Crippen LogP contribution < -0.4 is 0 Å². The van der Waals surface area contributed by atoms with E-state index in [-0.39, 0.29) is 11.7 Å². The maximum absolute atomic E-state index is 12.5. The van der Waals surface area contributed by atoms with E-state index in [0.717, 1.165) is 12.2 Å².